The first-order valence-corrected chi connectivity index (χ1v) is 7.11. The van der Waals surface area contributed by atoms with Crippen molar-refractivity contribution >= 4 is 5.91 Å². The number of hydrogen-bond acceptors (Lipinski definition) is 3. The van der Waals surface area contributed by atoms with E-state index in [1.165, 1.54) is 12.3 Å². The first-order chi connectivity index (χ1) is 9.41. The summed E-state index contributed by atoms with van der Waals surface area (Å²) in [4.78, 5) is 26.5. The molecule has 5 nitrogen and oxygen atoms in total. The van der Waals surface area contributed by atoms with Crippen LogP contribution in [0.1, 0.15) is 55.6 Å². The molecule has 0 radical (unpaired) electrons. The standard InChI is InChI=1S/C15H24N2O3/c1-4-6-15(20,7-5-2)10-17-14(19)12-9-16-11(3)8-13(12)18/h8-9,20H,4-7,10H2,1-3H3,(H,16,18)(H,17,19). The first-order valence-electron chi connectivity index (χ1n) is 7.11. The molecule has 112 valence electrons. The predicted octanol–water partition coefficient (Wildman–Crippen LogP) is 1.74. The van der Waals surface area contributed by atoms with Crippen LogP contribution in [0.2, 0.25) is 0 Å². The molecule has 5 heteroatoms. The van der Waals surface area contributed by atoms with Crippen LogP contribution >= 0.6 is 0 Å². The number of pyridine rings is 1. The fourth-order valence-electron chi connectivity index (χ4n) is 2.32. The average molecular weight is 280 g/mol. The van der Waals surface area contributed by atoms with Crippen molar-refractivity contribution in [2.24, 2.45) is 0 Å². The van der Waals surface area contributed by atoms with E-state index < -0.39 is 11.5 Å². The number of carbonyl (C=O) groups is 1. The van der Waals surface area contributed by atoms with E-state index in [1.807, 2.05) is 13.8 Å². The van der Waals surface area contributed by atoms with Crippen LogP contribution in [0.25, 0.3) is 0 Å². The van der Waals surface area contributed by atoms with E-state index in [4.69, 9.17) is 0 Å². The van der Waals surface area contributed by atoms with Crippen molar-refractivity contribution in [3.63, 3.8) is 0 Å². The lowest BCUT2D eigenvalue weighted by atomic mass is 9.92. The maximum absolute atomic E-state index is 12.0. The summed E-state index contributed by atoms with van der Waals surface area (Å²) in [7, 11) is 0. The number of aromatic amines is 1. The highest BCUT2D eigenvalue weighted by Crippen LogP contribution is 2.18. The van der Waals surface area contributed by atoms with Crippen LogP contribution in [0.5, 0.6) is 0 Å². The molecule has 1 amide bonds. The van der Waals surface area contributed by atoms with Gasteiger partial charge in [0, 0.05) is 24.5 Å². The van der Waals surface area contributed by atoms with Gasteiger partial charge in [-0.3, -0.25) is 9.59 Å². The van der Waals surface area contributed by atoms with Crippen molar-refractivity contribution < 1.29 is 9.90 Å². The van der Waals surface area contributed by atoms with Crippen molar-refractivity contribution in [1.29, 1.82) is 0 Å². The van der Waals surface area contributed by atoms with Crippen molar-refractivity contribution in [3.05, 3.63) is 33.7 Å². The van der Waals surface area contributed by atoms with E-state index >= 15 is 0 Å². The number of hydrogen-bond donors (Lipinski definition) is 3. The van der Waals surface area contributed by atoms with Crippen LogP contribution in [0.4, 0.5) is 0 Å². The number of amides is 1. The van der Waals surface area contributed by atoms with E-state index in [0.29, 0.717) is 18.5 Å². The molecule has 20 heavy (non-hydrogen) atoms. The molecule has 1 rings (SSSR count). The summed E-state index contributed by atoms with van der Waals surface area (Å²) in [6.45, 7) is 5.91. The number of aliphatic hydroxyl groups is 1. The van der Waals surface area contributed by atoms with Crippen LogP contribution in [0.3, 0.4) is 0 Å². The van der Waals surface area contributed by atoms with E-state index in [0.717, 1.165) is 12.8 Å². The fraction of sp³-hybridized carbons (Fsp3) is 0.600. The van der Waals surface area contributed by atoms with Gasteiger partial charge in [-0.15, -0.1) is 0 Å². The van der Waals surface area contributed by atoms with Gasteiger partial charge in [0.15, 0.2) is 5.43 Å². The number of rotatable bonds is 7. The van der Waals surface area contributed by atoms with Gasteiger partial charge in [0.2, 0.25) is 0 Å². The van der Waals surface area contributed by atoms with Gasteiger partial charge in [-0.1, -0.05) is 26.7 Å². The number of aryl methyl sites for hydroxylation is 1. The van der Waals surface area contributed by atoms with Gasteiger partial charge in [0.1, 0.15) is 5.56 Å². The molecule has 0 aliphatic rings. The van der Waals surface area contributed by atoms with Crippen molar-refractivity contribution in [1.82, 2.24) is 10.3 Å². The molecule has 0 aliphatic heterocycles. The Bertz CT molecular complexity index is 502. The molecule has 3 N–H and O–H groups in total. The van der Waals surface area contributed by atoms with Crippen molar-refractivity contribution in [2.75, 3.05) is 6.54 Å². The SMILES string of the molecule is CCCC(O)(CCC)CNC(=O)c1c[nH]c(C)cc1=O. The second-order valence-electron chi connectivity index (χ2n) is 5.30. The van der Waals surface area contributed by atoms with Crippen molar-refractivity contribution in [3.8, 4) is 0 Å². The van der Waals surface area contributed by atoms with Gasteiger partial charge in [0.25, 0.3) is 5.91 Å². The third kappa shape index (κ3) is 4.49. The van der Waals surface area contributed by atoms with Crippen LogP contribution in [0, 0.1) is 6.92 Å². The molecule has 0 saturated heterocycles. The number of aromatic nitrogens is 1. The minimum absolute atomic E-state index is 0.0750. The molecule has 0 aliphatic carbocycles. The first kappa shape index (κ1) is 16.4. The third-order valence-electron chi connectivity index (χ3n) is 3.31. The Labute approximate surface area is 119 Å². The highest BCUT2D eigenvalue weighted by Gasteiger charge is 2.25. The summed E-state index contributed by atoms with van der Waals surface area (Å²) in [5.74, 6) is -0.447. The average Bonchev–Trinajstić information content (AvgIpc) is 2.37. The number of nitrogens with one attached hydrogen (secondary N) is 2. The van der Waals surface area contributed by atoms with Crippen molar-refractivity contribution in [2.45, 2.75) is 52.1 Å². The Hall–Kier alpha value is -1.62. The molecule has 0 spiro atoms. The summed E-state index contributed by atoms with van der Waals surface area (Å²) < 4.78 is 0. The maximum Gasteiger partial charge on any atom is 0.256 e. The van der Waals surface area contributed by atoms with Crippen LogP contribution in [-0.2, 0) is 0 Å². The largest absolute Gasteiger partial charge is 0.388 e. The topological polar surface area (TPSA) is 82.2 Å². The summed E-state index contributed by atoms with van der Waals surface area (Å²) in [6.07, 6.45) is 4.36. The Morgan fingerprint density at radius 2 is 1.95 bits per heavy atom. The monoisotopic (exact) mass is 280 g/mol. The van der Waals surface area contributed by atoms with Crippen LogP contribution in [-0.4, -0.2) is 28.1 Å². The molecule has 0 unspecified atom stereocenters. The smallest absolute Gasteiger partial charge is 0.256 e. The summed E-state index contributed by atoms with van der Waals surface area (Å²) in [5.41, 5.74) is -0.421. The van der Waals surface area contributed by atoms with Gasteiger partial charge >= 0.3 is 0 Å². The Morgan fingerprint density at radius 3 is 2.45 bits per heavy atom. The van der Waals surface area contributed by atoms with E-state index in [-0.39, 0.29) is 17.5 Å². The molecule has 1 aromatic rings. The van der Waals surface area contributed by atoms with Gasteiger partial charge in [-0.2, -0.15) is 0 Å². The van der Waals surface area contributed by atoms with Crippen LogP contribution < -0.4 is 10.7 Å². The molecule has 0 atom stereocenters. The fourth-order valence-corrected chi connectivity index (χ4v) is 2.32. The lowest BCUT2D eigenvalue weighted by molar-refractivity contribution is 0.0213. The lowest BCUT2D eigenvalue weighted by Crippen LogP contribution is -2.43. The Kier molecular flexibility index (Phi) is 5.95. The zero-order valence-corrected chi connectivity index (χ0v) is 12.5. The number of carbonyl (C=O) groups excluding carboxylic acids is 1. The summed E-state index contributed by atoms with van der Waals surface area (Å²) >= 11 is 0. The number of H-pyrrole nitrogens is 1. The molecule has 0 saturated carbocycles. The van der Waals surface area contributed by atoms with Gasteiger partial charge in [-0.25, -0.2) is 0 Å². The Balaban J connectivity index is 2.72. The van der Waals surface area contributed by atoms with Gasteiger partial charge in [-0.05, 0) is 19.8 Å². The van der Waals surface area contributed by atoms with Gasteiger partial charge < -0.3 is 15.4 Å². The highest BCUT2D eigenvalue weighted by molar-refractivity contribution is 5.93. The minimum atomic E-state index is -0.892. The van der Waals surface area contributed by atoms with E-state index in [9.17, 15) is 14.7 Å². The van der Waals surface area contributed by atoms with Gasteiger partial charge in [0.05, 0.1) is 5.60 Å². The Morgan fingerprint density at radius 1 is 1.35 bits per heavy atom. The highest BCUT2D eigenvalue weighted by atomic mass is 16.3. The molecule has 1 heterocycles. The second kappa shape index (κ2) is 7.24. The van der Waals surface area contributed by atoms with E-state index in [2.05, 4.69) is 10.3 Å². The maximum atomic E-state index is 12.0. The summed E-state index contributed by atoms with van der Waals surface area (Å²) in [5, 5.41) is 13.1. The molecule has 0 fully saturated rings. The summed E-state index contributed by atoms with van der Waals surface area (Å²) in [6, 6.07) is 1.39. The zero-order chi connectivity index (χ0) is 15.2. The normalized spacial score (nSPS) is 11.4. The predicted molar refractivity (Wildman–Crippen MR) is 78.9 cm³/mol. The van der Waals surface area contributed by atoms with Crippen LogP contribution in [0.15, 0.2) is 17.1 Å². The second-order valence-corrected chi connectivity index (χ2v) is 5.30. The molecular formula is C15H24N2O3. The zero-order valence-electron chi connectivity index (χ0n) is 12.5. The molecule has 0 aromatic carbocycles. The molecular weight excluding hydrogens is 256 g/mol. The minimum Gasteiger partial charge on any atom is -0.388 e. The molecule has 0 bridgehead atoms. The quantitative estimate of drug-likeness (QED) is 0.711. The van der Waals surface area contributed by atoms with E-state index in [1.54, 1.807) is 6.92 Å². The third-order valence-corrected chi connectivity index (χ3v) is 3.31. The molecule has 1 aromatic heterocycles. The lowest BCUT2D eigenvalue weighted by Gasteiger charge is -2.27.